The predicted octanol–water partition coefficient (Wildman–Crippen LogP) is 0.902. The third-order valence-corrected chi connectivity index (χ3v) is 3.00. The number of thioether (sulfide) groups is 1. The van der Waals surface area contributed by atoms with Gasteiger partial charge in [0.05, 0.1) is 5.37 Å². The molecule has 0 spiro atoms. The molecule has 0 bridgehead atoms. The van der Waals surface area contributed by atoms with Gasteiger partial charge >= 0.3 is 5.97 Å². The van der Waals surface area contributed by atoms with Crippen molar-refractivity contribution in [2.24, 2.45) is 0 Å². The molecule has 0 saturated carbocycles. The first-order valence-corrected chi connectivity index (χ1v) is 4.89. The minimum absolute atomic E-state index is 0.323. The van der Waals surface area contributed by atoms with Gasteiger partial charge in [0.2, 0.25) is 0 Å². The first-order chi connectivity index (χ1) is 5.24. The number of hydrogen-bond acceptors (Lipinski definition) is 3. The normalized spacial score (nSPS) is 30.6. The summed E-state index contributed by atoms with van der Waals surface area (Å²) in [5.74, 6) is -0.0175. The highest BCUT2D eigenvalue weighted by atomic mass is 32.2. The van der Waals surface area contributed by atoms with Crippen molar-refractivity contribution in [1.29, 1.82) is 0 Å². The Kier molecular flexibility index (Phi) is 3.20. The van der Waals surface area contributed by atoms with E-state index < -0.39 is 5.97 Å². The van der Waals surface area contributed by atoms with Crippen LogP contribution < -0.4 is 5.32 Å². The van der Waals surface area contributed by atoms with Crippen LogP contribution in [0.4, 0.5) is 0 Å². The van der Waals surface area contributed by atoms with E-state index in [-0.39, 0.29) is 6.04 Å². The molecule has 4 heteroatoms. The quantitative estimate of drug-likeness (QED) is 0.669. The van der Waals surface area contributed by atoms with E-state index in [0.29, 0.717) is 11.1 Å². The lowest BCUT2D eigenvalue weighted by molar-refractivity contribution is -0.138. The Morgan fingerprint density at radius 1 is 1.82 bits per heavy atom. The van der Waals surface area contributed by atoms with Crippen molar-refractivity contribution in [3.05, 3.63) is 0 Å². The average Bonchev–Trinajstić information content (AvgIpc) is 2.37. The lowest BCUT2D eigenvalue weighted by Gasteiger charge is -2.07. The van der Waals surface area contributed by atoms with Gasteiger partial charge in [-0.3, -0.25) is 10.1 Å². The highest BCUT2D eigenvalue weighted by Crippen LogP contribution is 2.22. The minimum Gasteiger partial charge on any atom is -0.480 e. The van der Waals surface area contributed by atoms with E-state index in [1.807, 2.05) is 0 Å². The summed E-state index contributed by atoms with van der Waals surface area (Å²) >= 11 is 1.71. The van der Waals surface area contributed by atoms with E-state index in [4.69, 9.17) is 5.11 Å². The van der Waals surface area contributed by atoms with Crippen LogP contribution in [-0.2, 0) is 4.79 Å². The topological polar surface area (TPSA) is 49.3 Å². The minimum atomic E-state index is -0.726. The van der Waals surface area contributed by atoms with Crippen LogP contribution in [0, 0.1) is 0 Å². The molecule has 2 N–H and O–H groups in total. The highest BCUT2D eigenvalue weighted by Gasteiger charge is 2.28. The molecule has 0 aromatic heterocycles. The fraction of sp³-hybridized carbons (Fsp3) is 0.857. The molecule has 1 rings (SSSR count). The molecular formula is C7H13NO2S. The van der Waals surface area contributed by atoms with E-state index in [1.165, 1.54) is 0 Å². The summed E-state index contributed by atoms with van der Waals surface area (Å²) in [4.78, 5) is 10.5. The Balaban J connectivity index is 2.29. The van der Waals surface area contributed by atoms with Crippen LogP contribution >= 0.6 is 11.8 Å². The Labute approximate surface area is 70.6 Å². The van der Waals surface area contributed by atoms with E-state index in [2.05, 4.69) is 12.2 Å². The van der Waals surface area contributed by atoms with Crippen molar-refractivity contribution in [2.45, 2.75) is 31.2 Å². The number of rotatable bonds is 3. The van der Waals surface area contributed by atoms with Crippen LogP contribution in [0.2, 0.25) is 0 Å². The second-order valence-electron chi connectivity index (χ2n) is 2.67. The molecule has 1 saturated heterocycles. The van der Waals surface area contributed by atoms with Gasteiger partial charge in [-0.05, 0) is 6.42 Å². The number of carboxylic acid groups (broad SMARTS) is 1. The Morgan fingerprint density at radius 2 is 2.55 bits per heavy atom. The Morgan fingerprint density at radius 3 is 3.00 bits per heavy atom. The molecule has 64 valence electrons. The third kappa shape index (κ3) is 2.38. The van der Waals surface area contributed by atoms with E-state index in [1.54, 1.807) is 11.8 Å². The molecule has 0 radical (unpaired) electrons. The fourth-order valence-electron chi connectivity index (χ4n) is 1.10. The molecule has 1 aliphatic heterocycles. The second kappa shape index (κ2) is 3.97. The monoisotopic (exact) mass is 175 g/mol. The molecule has 3 nitrogen and oxygen atoms in total. The number of carbonyl (C=O) groups is 1. The van der Waals surface area contributed by atoms with Crippen LogP contribution in [0.1, 0.15) is 19.8 Å². The van der Waals surface area contributed by atoms with Crippen LogP contribution in [0.5, 0.6) is 0 Å². The maximum atomic E-state index is 10.5. The maximum absolute atomic E-state index is 10.5. The molecule has 0 aromatic rings. The number of carboxylic acids is 1. The fourth-order valence-corrected chi connectivity index (χ4v) is 2.43. The molecule has 1 unspecified atom stereocenters. The van der Waals surface area contributed by atoms with Gasteiger partial charge in [0.25, 0.3) is 0 Å². The summed E-state index contributed by atoms with van der Waals surface area (Å²) < 4.78 is 0. The molecule has 1 heterocycles. The predicted molar refractivity (Wildman–Crippen MR) is 45.7 cm³/mol. The van der Waals surface area contributed by atoms with Gasteiger partial charge in [0.1, 0.15) is 6.04 Å². The number of hydrogen-bond donors (Lipinski definition) is 2. The summed E-state index contributed by atoms with van der Waals surface area (Å²) in [5, 5.41) is 12.0. The summed E-state index contributed by atoms with van der Waals surface area (Å²) in [6.45, 7) is 2.11. The van der Waals surface area contributed by atoms with E-state index in [0.717, 1.165) is 12.8 Å². The zero-order valence-electron chi connectivity index (χ0n) is 6.54. The summed E-state index contributed by atoms with van der Waals surface area (Å²) in [7, 11) is 0. The summed E-state index contributed by atoms with van der Waals surface area (Å²) in [5.41, 5.74) is 0. The second-order valence-corrected chi connectivity index (χ2v) is 3.90. The molecular weight excluding hydrogens is 162 g/mol. The Hall–Kier alpha value is -0.220. The van der Waals surface area contributed by atoms with Gasteiger partial charge in [0.15, 0.2) is 0 Å². The van der Waals surface area contributed by atoms with Gasteiger partial charge in [-0.25, -0.2) is 0 Å². The number of aliphatic carboxylic acids is 1. The molecule has 11 heavy (non-hydrogen) atoms. The van der Waals surface area contributed by atoms with Crippen molar-refractivity contribution < 1.29 is 9.90 Å². The summed E-state index contributed by atoms with van der Waals surface area (Å²) in [6, 6.07) is -0.323. The van der Waals surface area contributed by atoms with Gasteiger partial charge in [-0.1, -0.05) is 13.3 Å². The Bertz CT molecular complexity index is 151. The smallest absolute Gasteiger partial charge is 0.321 e. The van der Waals surface area contributed by atoms with Crippen molar-refractivity contribution in [3.63, 3.8) is 0 Å². The van der Waals surface area contributed by atoms with Crippen LogP contribution in [-0.4, -0.2) is 28.2 Å². The summed E-state index contributed by atoms with van der Waals surface area (Å²) in [6.07, 6.45) is 2.17. The third-order valence-electron chi connectivity index (χ3n) is 1.70. The molecule has 2 atom stereocenters. The first kappa shape index (κ1) is 8.87. The van der Waals surface area contributed by atoms with Gasteiger partial charge in [0, 0.05) is 5.75 Å². The highest BCUT2D eigenvalue weighted by molar-refractivity contribution is 8.00. The van der Waals surface area contributed by atoms with Crippen molar-refractivity contribution >= 4 is 17.7 Å². The lowest BCUT2D eigenvalue weighted by atomic mass is 10.3. The van der Waals surface area contributed by atoms with E-state index >= 15 is 0 Å². The molecule has 0 amide bonds. The number of nitrogens with one attached hydrogen (secondary N) is 1. The van der Waals surface area contributed by atoms with Crippen LogP contribution in [0.25, 0.3) is 0 Å². The molecule has 0 aliphatic carbocycles. The van der Waals surface area contributed by atoms with Crippen LogP contribution in [0.3, 0.4) is 0 Å². The van der Waals surface area contributed by atoms with Gasteiger partial charge in [-0.2, -0.15) is 0 Å². The van der Waals surface area contributed by atoms with Gasteiger partial charge < -0.3 is 5.11 Å². The van der Waals surface area contributed by atoms with E-state index in [9.17, 15) is 4.79 Å². The van der Waals surface area contributed by atoms with Gasteiger partial charge in [-0.15, -0.1) is 11.8 Å². The zero-order chi connectivity index (χ0) is 8.27. The maximum Gasteiger partial charge on any atom is 0.321 e. The van der Waals surface area contributed by atoms with Crippen molar-refractivity contribution in [1.82, 2.24) is 5.32 Å². The molecule has 0 aromatic carbocycles. The van der Waals surface area contributed by atoms with Crippen LogP contribution in [0.15, 0.2) is 0 Å². The van der Waals surface area contributed by atoms with Crippen molar-refractivity contribution in [3.8, 4) is 0 Å². The first-order valence-electron chi connectivity index (χ1n) is 3.84. The van der Waals surface area contributed by atoms with Crippen molar-refractivity contribution in [2.75, 3.05) is 5.75 Å². The molecule has 1 aliphatic rings. The largest absolute Gasteiger partial charge is 0.480 e. The SMILES string of the molecule is CCCC1N[C@H](C(=O)O)CS1. The standard InChI is InChI=1S/C7H13NO2S/c1-2-3-6-8-5(4-11-6)7(9)10/h5-6,8H,2-4H2,1H3,(H,9,10)/t5-,6?/m0/s1. The lowest BCUT2D eigenvalue weighted by Crippen LogP contribution is -2.36. The zero-order valence-corrected chi connectivity index (χ0v) is 7.36. The molecule has 1 fully saturated rings. The average molecular weight is 175 g/mol.